The molecule has 0 aromatic heterocycles. The van der Waals surface area contributed by atoms with Gasteiger partial charge in [-0.15, -0.1) is 0 Å². The van der Waals surface area contributed by atoms with Crippen molar-refractivity contribution < 1.29 is 0 Å². The molecule has 0 amide bonds. The zero-order valence-electron chi connectivity index (χ0n) is 13.4. The van der Waals surface area contributed by atoms with Gasteiger partial charge in [-0.3, -0.25) is 0 Å². The monoisotopic (exact) mass is 308 g/mol. The van der Waals surface area contributed by atoms with Crippen LogP contribution in [-0.4, -0.2) is 30.6 Å². The standard InChI is InChI=1S/C18H29ClN2/c1-3-12-20-18(16-7-5-6-8-17(16)19)11-14-21(13-4-2)15-9-10-15/h5-8,15,18,20H,3-4,9-14H2,1-2H3. The Bertz CT molecular complexity index is 417. The minimum Gasteiger partial charge on any atom is -0.310 e. The van der Waals surface area contributed by atoms with E-state index in [0.717, 1.165) is 30.5 Å². The number of benzene rings is 1. The minimum absolute atomic E-state index is 0.372. The summed E-state index contributed by atoms with van der Waals surface area (Å²) in [7, 11) is 0. The highest BCUT2D eigenvalue weighted by molar-refractivity contribution is 6.31. The van der Waals surface area contributed by atoms with Crippen LogP contribution in [0.2, 0.25) is 5.02 Å². The predicted molar refractivity (Wildman–Crippen MR) is 92.0 cm³/mol. The van der Waals surface area contributed by atoms with Crippen molar-refractivity contribution in [3.8, 4) is 0 Å². The van der Waals surface area contributed by atoms with E-state index in [1.807, 2.05) is 12.1 Å². The average Bonchev–Trinajstić information content (AvgIpc) is 3.32. The molecule has 0 spiro atoms. The zero-order chi connectivity index (χ0) is 15.1. The molecule has 0 heterocycles. The summed E-state index contributed by atoms with van der Waals surface area (Å²) in [6.45, 7) is 7.94. The Morgan fingerprint density at radius 2 is 1.95 bits per heavy atom. The van der Waals surface area contributed by atoms with Crippen LogP contribution in [0.3, 0.4) is 0 Å². The van der Waals surface area contributed by atoms with Gasteiger partial charge in [-0.1, -0.05) is 43.6 Å². The second-order valence-electron chi connectivity index (χ2n) is 6.08. The van der Waals surface area contributed by atoms with E-state index in [2.05, 4.69) is 36.2 Å². The molecule has 1 aliphatic carbocycles. The third-order valence-electron chi connectivity index (χ3n) is 4.20. The van der Waals surface area contributed by atoms with Crippen LogP contribution in [-0.2, 0) is 0 Å². The quantitative estimate of drug-likeness (QED) is 0.677. The summed E-state index contributed by atoms with van der Waals surface area (Å²) in [4.78, 5) is 2.66. The van der Waals surface area contributed by atoms with Crippen molar-refractivity contribution in [2.75, 3.05) is 19.6 Å². The summed E-state index contributed by atoms with van der Waals surface area (Å²) < 4.78 is 0. The van der Waals surface area contributed by atoms with Gasteiger partial charge in [-0.05, 0) is 56.8 Å². The van der Waals surface area contributed by atoms with Gasteiger partial charge in [0, 0.05) is 23.7 Å². The molecular weight excluding hydrogens is 280 g/mol. The van der Waals surface area contributed by atoms with Crippen molar-refractivity contribution in [2.45, 2.75) is 58.0 Å². The Morgan fingerprint density at radius 1 is 1.19 bits per heavy atom. The van der Waals surface area contributed by atoms with Crippen LogP contribution in [0.1, 0.15) is 57.6 Å². The van der Waals surface area contributed by atoms with Gasteiger partial charge in [-0.2, -0.15) is 0 Å². The lowest BCUT2D eigenvalue weighted by molar-refractivity contribution is 0.247. The summed E-state index contributed by atoms with van der Waals surface area (Å²) in [5.41, 5.74) is 1.25. The van der Waals surface area contributed by atoms with Gasteiger partial charge < -0.3 is 10.2 Å². The highest BCUT2D eigenvalue weighted by atomic mass is 35.5. The number of nitrogens with zero attached hydrogens (tertiary/aromatic N) is 1. The van der Waals surface area contributed by atoms with Gasteiger partial charge in [0.05, 0.1) is 0 Å². The number of nitrogens with one attached hydrogen (secondary N) is 1. The van der Waals surface area contributed by atoms with E-state index < -0.39 is 0 Å². The third kappa shape index (κ3) is 5.28. The Hall–Kier alpha value is -0.570. The molecule has 21 heavy (non-hydrogen) atoms. The first kappa shape index (κ1) is 16.8. The van der Waals surface area contributed by atoms with Gasteiger partial charge in [-0.25, -0.2) is 0 Å². The van der Waals surface area contributed by atoms with E-state index in [9.17, 15) is 0 Å². The highest BCUT2D eigenvalue weighted by Crippen LogP contribution is 2.30. The Balaban J connectivity index is 1.97. The summed E-state index contributed by atoms with van der Waals surface area (Å²) in [5.74, 6) is 0. The lowest BCUT2D eigenvalue weighted by Gasteiger charge is -2.26. The van der Waals surface area contributed by atoms with E-state index in [0.29, 0.717) is 6.04 Å². The second-order valence-corrected chi connectivity index (χ2v) is 6.49. The van der Waals surface area contributed by atoms with Crippen molar-refractivity contribution in [3.05, 3.63) is 34.9 Å². The molecule has 1 N–H and O–H groups in total. The fraction of sp³-hybridized carbons (Fsp3) is 0.667. The highest BCUT2D eigenvalue weighted by Gasteiger charge is 2.28. The molecule has 1 fully saturated rings. The van der Waals surface area contributed by atoms with Crippen LogP contribution in [0, 0.1) is 0 Å². The first-order valence-electron chi connectivity index (χ1n) is 8.48. The number of halogens is 1. The minimum atomic E-state index is 0.372. The van der Waals surface area contributed by atoms with Gasteiger partial charge >= 0.3 is 0 Å². The second kappa shape index (κ2) is 8.77. The van der Waals surface area contributed by atoms with Crippen LogP contribution in [0.15, 0.2) is 24.3 Å². The van der Waals surface area contributed by atoms with Gasteiger partial charge in [0.25, 0.3) is 0 Å². The van der Waals surface area contributed by atoms with Crippen molar-refractivity contribution >= 4 is 11.6 Å². The van der Waals surface area contributed by atoms with Crippen LogP contribution in [0.25, 0.3) is 0 Å². The molecule has 1 aromatic rings. The first-order valence-corrected chi connectivity index (χ1v) is 8.85. The maximum atomic E-state index is 6.40. The Labute approximate surface area is 134 Å². The lowest BCUT2D eigenvalue weighted by Crippen LogP contribution is -2.32. The summed E-state index contributed by atoms with van der Waals surface area (Å²) in [6, 6.07) is 9.49. The maximum absolute atomic E-state index is 6.40. The van der Waals surface area contributed by atoms with E-state index in [1.54, 1.807) is 0 Å². The molecule has 3 heteroatoms. The molecule has 0 radical (unpaired) electrons. The molecule has 1 unspecified atom stereocenters. The summed E-state index contributed by atoms with van der Waals surface area (Å²) >= 11 is 6.40. The van der Waals surface area contributed by atoms with Crippen molar-refractivity contribution in [1.29, 1.82) is 0 Å². The SMILES string of the molecule is CCCNC(CCN(CCC)C1CC1)c1ccccc1Cl. The summed E-state index contributed by atoms with van der Waals surface area (Å²) in [5, 5.41) is 4.56. The van der Waals surface area contributed by atoms with Crippen molar-refractivity contribution in [2.24, 2.45) is 0 Å². The van der Waals surface area contributed by atoms with E-state index in [4.69, 9.17) is 11.6 Å². The normalized spacial score (nSPS) is 16.4. The lowest BCUT2D eigenvalue weighted by atomic mass is 10.0. The van der Waals surface area contributed by atoms with Crippen LogP contribution >= 0.6 is 11.6 Å². The molecule has 0 aliphatic heterocycles. The first-order chi connectivity index (χ1) is 10.3. The summed E-state index contributed by atoms with van der Waals surface area (Å²) in [6.07, 6.45) is 6.32. The fourth-order valence-electron chi connectivity index (χ4n) is 2.94. The number of rotatable bonds is 10. The third-order valence-corrected chi connectivity index (χ3v) is 4.54. The van der Waals surface area contributed by atoms with Crippen molar-refractivity contribution in [1.82, 2.24) is 10.2 Å². The van der Waals surface area contributed by atoms with Crippen LogP contribution in [0.5, 0.6) is 0 Å². The molecule has 1 aromatic carbocycles. The zero-order valence-corrected chi connectivity index (χ0v) is 14.2. The number of hydrogen-bond acceptors (Lipinski definition) is 2. The average molecular weight is 309 g/mol. The Kier molecular flexibility index (Phi) is 7.01. The topological polar surface area (TPSA) is 15.3 Å². The molecule has 1 saturated carbocycles. The van der Waals surface area contributed by atoms with Crippen LogP contribution in [0.4, 0.5) is 0 Å². The number of hydrogen-bond donors (Lipinski definition) is 1. The predicted octanol–water partition coefficient (Wildman–Crippen LogP) is 4.65. The van der Waals surface area contributed by atoms with Gasteiger partial charge in [0.15, 0.2) is 0 Å². The van der Waals surface area contributed by atoms with E-state index in [1.165, 1.54) is 37.9 Å². The van der Waals surface area contributed by atoms with E-state index >= 15 is 0 Å². The van der Waals surface area contributed by atoms with E-state index in [-0.39, 0.29) is 0 Å². The molecule has 118 valence electrons. The largest absolute Gasteiger partial charge is 0.310 e. The van der Waals surface area contributed by atoms with Gasteiger partial charge in [0.1, 0.15) is 0 Å². The molecule has 1 atom stereocenters. The smallest absolute Gasteiger partial charge is 0.0453 e. The molecular formula is C18H29ClN2. The maximum Gasteiger partial charge on any atom is 0.0453 e. The molecule has 0 bridgehead atoms. The molecule has 1 aliphatic rings. The van der Waals surface area contributed by atoms with Gasteiger partial charge in [0.2, 0.25) is 0 Å². The fourth-order valence-corrected chi connectivity index (χ4v) is 3.21. The molecule has 2 rings (SSSR count). The van der Waals surface area contributed by atoms with Crippen molar-refractivity contribution in [3.63, 3.8) is 0 Å². The molecule has 2 nitrogen and oxygen atoms in total. The Morgan fingerprint density at radius 3 is 2.57 bits per heavy atom. The van der Waals surface area contributed by atoms with Crippen LogP contribution < -0.4 is 5.32 Å². The molecule has 0 saturated heterocycles.